The molecule has 4 nitrogen and oxygen atoms in total. The molecule has 1 saturated heterocycles. The molecule has 0 unspecified atom stereocenters. The first-order valence-corrected chi connectivity index (χ1v) is 3.29. The van der Waals surface area contributed by atoms with Gasteiger partial charge in [-0.25, -0.2) is 0 Å². The van der Waals surface area contributed by atoms with E-state index in [-0.39, 0.29) is 0 Å². The minimum atomic E-state index is 0.396. The molecule has 0 bridgehead atoms. The molecule has 0 aliphatic carbocycles. The summed E-state index contributed by atoms with van der Waals surface area (Å²) in [6, 6.07) is 0. The molecule has 0 aromatic rings. The molecule has 0 spiro atoms. The highest BCUT2D eigenvalue weighted by molar-refractivity contribution is 5.36. The van der Waals surface area contributed by atoms with Gasteiger partial charge in [-0.2, -0.15) is 0 Å². The maximum Gasteiger partial charge on any atom is 0.294 e. The predicted molar refractivity (Wildman–Crippen MR) is 34.4 cm³/mol. The van der Waals surface area contributed by atoms with Gasteiger partial charge in [-0.3, -0.25) is 9.69 Å². The third kappa shape index (κ3) is 2.33. The second kappa shape index (κ2) is 4.24. The summed E-state index contributed by atoms with van der Waals surface area (Å²) in [6.07, 6.45) is 0. The smallest absolute Gasteiger partial charge is 0.294 e. The molecule has 0 N–H and O–H groups in total. The largest absolute Gasteiger partial charge is 0.452 e. The minimum absolute atomic E-state index is 0.396. The van der Waals surface area contributed by atoms with Crippen molar-refractivity contribution in [1.29, 1.82) is 0 Å². The van der Waals surface area contributed by atoms with Gasteiger partial charge < -0.3 is 9.47 Å². The van der Waals surface area contributed by atoms with Crippen molar-refractivity contribution in [2.75, 3.05) is 33.0 Å². The van der Waals surface area contributed by atoms with Gasteiger partial charge in [-0.1, -0.05) is 0 Å². The van der Waals surface area contributed by atoms with E-state index < -0.39 is 0 Å². The average Bonchev–Trinajstić information content (AvgIpc) is 2.03. The van der Waals surface area contributed by atoms with E-state index in [1.807, 2.05) is 4.90 Å². The molecule has 0 amide bonds. The summed E-state index contributed by atoms with van der Waals surface area (Å²) in [5, 5.41) is 0. The lowest BCUT2D eigenvalue weighted by Crippen LogP contribution is -2.37. The quantitative estimate of drug-likeness (QED) is 0.499. The van der Waals surface area contributed by atoms with Crippen molar-refractivity contribution in [3.63, 3.8) is 0 Å². The van der Waals surface area contributed by atoms with Gasteiger partial charge in [0.2, 0.25) is 0 Å². The Morgan fingerprint density at radius 2 is 2.20 bits per heavy atom. The first-order chi connectivity index (χ1) is 4.93. The maximum atomic E-state index is 9.77. The number of rotatable bonds is 3. The molecule has 0 aromatic heterocycles. The van der Waals surface area contributed by atoms with Crippen LogP contribution < -0.4 is 0 Å². The van der Waals surface area contributed by atoms with Crippen LogP contribution >= 0.6 is 0 Å². The Morgan fingerprint density at radius 1 is 1.50 bits per heavy atom. The van der Waals surface area contributed by atoms with Crippen molar-refractivity contribution in [3.8, 4) is 0 Å². The maximum absolute atomic E-state index is 9.77. The van der Waals surface area contributed by atoms with Gasteiger partial charge >= 0.3 is 0 Å². The SMILES string of the molecule is O=COCN1CCOCC1. The Bertz CT molecular complexity index is 101. The van der Waals surface area contributed by atoms with Gasteiger partial charge in [0.15, 0.2) is 0 Å². The molecule has 58 valence electrons. The Morgan fingerprint density at radius 3 is 2.80 bits per heavy atom. The molecule has 10 heavy (non-hydrogen) atoms. The van der Waals surface area contributed by atoms with E-state index in [0.717, 1.165) is 26.3 Å². The van der Waals surface area contributed by atoms with Crippen molar-refractivity contribution in [2.24, 2.45) is 0 Å². The lowest BCUT2D eigenvalue weighted by Gasteiger charge is -2.24. The fourth-order valence-corrected chi connectivity index (χ4v) is 0.866. The van der Waals surface area contributed by atoms with Crippen LogP contribution in [-0.4, -0.2) is 44.4 Å². The van der Waals surface area contributed by atoms with Crippen LogP contribution in [0.3, 0.4) is 0 Å². The summed E-state index contributed by atoms with van der Waals surface area (Å²) >= 11 is 0. The van der Waals surface area contributed by atoms with Gasteiger partial charge in [-0.15, -0.1) is 0 Å². The standard InChI is InChI=1S/C6H11NO3/c8-6-10-5-7-1-3-9-4-2-7/h6H,1-5H2. The van der Waals surface area contributed by atoms with E-state index in [1.54, 1.807) is 0 Å². The Labute approximate surface area is 59.7 Å². The van der Waals surface area contributed by atoms with E-state index >= 15 is 0 Å². The van der Waals surface area contributed by atoms with Crippen LogP contribution in [0, 0.1) is 0 Å². The fourth-order valence-electron chi connectivity index (χ4n) is 0.866. The molecule has 1 aliphatic heterocycles. The number of hydrogen-bond acceptors (Lipinski definition) is 4. The van der Waals surface area contributed by atoms with Crippen LogP contribution in [-0.2, 0) is 14.3 Å². The van der Waals surface area contributed by atoms with Crippen molar-refractivity contribution < 1.29 is 14.3 Å². The van der Waals surface area contributed by atoms with Gasteiger partial charge in [0.25, 0.3) is 6.47 Å². The normalized spacial score (nSPS) is 20.4. The van der Waals surface area contributed by atoms with Crippen LogP contribution in [0.4, 0.5) is 0 Å². The zero-order valence-corrected chi connectivity index (χ0v) is 5.78. The molecule has 1 rings (SSSR count). The lowest BCUT2D eigenvalue weighted by molar-refractivity contribution is -0.135. The zero-order chi connectivity index (χ0) is 7.23. The van der Waals surface area contributed by atoms with Crippen LogP contribution in [0.25, 0.3) is 0 Å². The number of carbonyl (C=O) groups excluding carboxylic acids is 1. The zero-order valence-electron chi connectivity index (χ0n) is 5.78. The molecule has 1 aliphatic rings. The number of ether oxygens (including phenoxy) is 2. The molecular weight excluding hydrogens is 134 g/mol. The summed E-state index contributed by atoms with van der Waals surface area (Å²) in [5.74, 6) is 0. The first kappa shape index (κ1) is 7.50. The van der Waals surface area contributed by atoms with Crippen LogP contribution in [0.1, 0.15) is 0 Å². The summed E-state index contributed by atoms with van der Waals surface area (Å²) in [6.45, 7) is 4.05. The highest BCUT2D eigenvalue weighted by Crippen LogP contribution is 1.94. The molecular formula is C6H11NO3. The lowest BCUT2D eigenvalue weighted by atomic mass is 10.5. The van der Waals surface area contributed by atoms with E-state index in [1.165, 1.54) is 0 Å². The van der Waals surface area contributed by atoms with Crippen molar-refractivity contribution >= 4 is 6.47 Å². The fraction of sp³-hybridized carbons (Fsp3) is 0.833. The van der Waals surface area contributed by atoms with E-state index in [2.05, 4.69) is 4.74 Å². The number of carbonyl (C=O) groups is 1. The van der Waals surface area contributed by atoms with Crippen molar-refractivity contribution in [2.45, 2.75) is 0 Å². The third-order valence-corrected chi connectivity index (χ3v) is 1.43. The van der Waals surface area contributed by atoms with E-state index in [9.17, 15) is 4.79 Å². The van der Waals surface area contributed by atoms with E-state index in [4.69, 9.17) is 4.74 Å². The summed E-state index contributed by atoms with van der Waals surface area (Å²) in [5.41, 5.74) is 0. The number of morpholine rings is 1. The Kier molecular flexibility index (Phi) is 3.18. The topological polar surface area (TPSA) is 38.8 Å². The average molecular weight is 145 g/mol. The van der Waals surface area contributed by atoms with Crippen molar-refractivity contribution in [1.82, 2.24) is 4.90 Å². The molecule has 0 saturated carbocycles. The molecule has 4 heteroatoms. The molecule has 1 heterocycles. The number of nitrogens with zero attached hydrogens (tertiary/aromatic N) is 1. The van der Waals surface area contributed by atoms with Crippen LogP contribution in [0.5, 0.6) is 0 Å². The highest BCUT2D eigenvalue weighted by Gasteiger charge is 2.08. The number of hydrogen-bond donors (Lipinski definition) is 0. The second-order valence-corrected chi connectivity index (χ2v) is 2.12. The van der Waals surface area contributed by atoms with E-state index in [0.29, 0.717) is 13.2 Å². The summed E-state index contributed by atoms with van der Waals surface area (Å²) in [7, 11) is 0. The summed E-state index contributed by atoms with van der Waals surface area (Å²) in [4.78, 5) is 11.8. The minimum Gasteiger partial charge on any atom is -0.452 e. The monoisotopic (exact) mass is 145 g/mol. The summed E-state index contributed by atoms with van der Waals surface area (Å²) < 4.78 is 9.66. The predicted octanol–water partition coefficient (Wildman–Crippen LogP) is -0.551. The van der Waals surface area contributed by atoms with Crippen LogP contribution in [0.2, 0.25) is 0 Å². The van der Waals surface area contributed by atoms with Gasteiger partial charge in [0, 0.05) is 13.1 Å². The van der Waals surface area contributed by atoms with Crippen molar-refractivity contribution in [3.05, 3.63) is 0 Å². The molecule has 0 radical (unpaired) electrons. The molecule has 1 fully saturated rings. The van der Waals surface area contributed by atoms with Gasteiger partial charge in [0.05, 0.1) is 13.2 Å². The van der Waals surface area contributed by atoms with Gasteiger partial charge in [-0.05, 0) is 0 Å². The molecule has 0 atom stereocenters. The molecule has 0 aromatic carbocycles. The Hall–Kier alpha value is -0.610. The van der Waals surface area contributed by atoms with Crippen LogP contribution in [0.15, 0.2) is 0 Å². The highest BCUT2D eigenvalue weighted by atomic mass is 16.5. The third-order valence-electron chi connectivity index (χ3n) is 1.43. The van der Waals surface area contributed by atoms with Gasteiger partial charge in [0.1, 0.15) is 6.73 Å². The first-order valence-electron chi connectivity index (χ1n) is 3.29. The Balaban J connectivity index is 2.07. The second-order valence-electron chi connectivity index (χ2n) is 2.12.